The van der Waals surface area contributed by atoms with Crippen LogP contribution in [0.1, 0.15) is 10.6 Å². The van der Waals surface area contributed by atoms with E-state index in [0.717, 1.165) is 5.39 Å². The number of carbonyl (C=O) groups excluding carboxylic acids is 1. The molecule has 0 spiro atoms. The van der Waals surface area contributed by atoms with Crippen LogP contribution in [0.3, 0.4) is 0 Å². The van der Waals surface area contributed by atoms with Crippen molar-refractivity contribution in [2.24, 2.45) is 4.99 Å². The van der Waals surface area contributed by atoms with Crippen molar-refractivity contribution in [1.29, 1.82) is 0 Å². The highest BCUT2D eigenvalue weighted by atomic mass is 32.2. The Morgan fingerprint density at radius 2 is 2.00 bits per heavy atom. The minimum absolute atomic E-state index is 0.0503. The van der Waals surface area contributed by atoms with E-state index in [1.807, 2.05) is 0 Å². The quantitative estimate of drug-likeness (QED) is 0.581. The van der Waals surface area contributed by atoms with Crippen LogP contribution in [0.15, 0.2) is 69.2 Å². The van der Waals surface area contributed by atoms with Crippen LogP contribution in [0.25, 0.3) is 11.0 Å². The molecule has 1 aromatic carbocycles. The molecule has 32 heavy (non-hydrogen) atoms. The third-order valence-corrected chi connectivity index (χ3v) is 7.05. The van der Waals surface area contributed by atoms with Gasteiger partial charge in [0, 0.05) is 17.6 Å². The number of aliphatic imine (C=N–C) groups is 1. The molecule has 3 aromatic rings. The van der Waals surface area contributed by atoms with Crippen molar-refractivity contribution in [3.05, 3.63) is 60.6 Å². The summed E-state index contributed by atoms with van der Waals surface area (Å²) in [6.07, 6.45) is 6.34. The van der Waals surface area contributed by atoms with Crippen molar-refractivity contribution >= 4 is 32.4 Å². The second kappa shape index (κ2) is 8.83. The van der Waals surface area contributed by atoms with Gasteiger partial charge in [-0.1, -0.05) is 6.08 Å². The molecule has 0 saturated heterocycles. The lowest BCUT2D eigenvalue weighted by molar-refractivity contribution is 0.0934. The lowest BCUT2D eigenvalue weighted by Crippen LogP contribution is -2.32. The van der Waals surface area contributed by atoms with Crippen molar-refractivity contribution in [2.45, 2.75) is 10.1 Å². The highest BCUT2D eigenvalue weighted by Gasteiger charge is 2.28. The molecule has 166 valence electrons. The minimum Gasteiger partial charge on any atom is -0.493 e. The van der Waals surface area contributed by atoms with Crippen LogP contribution in [0, 0.1) is 0 Å². The maximum atomic E-state index is 13.0. The van der Waals surface area contributed by atoms with Crippen LogP contribution in [-0.2, 0) is 9.84 Å². The van der Waals surface area contributed by atoms with E-state index in [9.17, 15) is 13.2 Å². The first kappa shape index (κ1) is 21.6. The predicted octanol–water partition coefficient (Wildman–Crippen LogP) is 2.43. The summed E-state index contributed by atoms with van der Waals surface area (Å²) in [7, 11) is -0.741. The van der Waals surface area contributed by atoms with E-state index in [-0.39, 0.29) is 23.7 Å². The van der Waals surface area contributed by atoms with Crippen molar-refractivity contribution in [3.63, 3.8) is 0 Å². The van der Waals surface area contributed by atoms with Gasteiger partial charge >= 0.3 is 0 Å². The van der Waals surface area contributed by atoms with Gasteiger partial charge in [-0.05, 0) is 30.3 Å². The Morgan fingerprint density at radius 1 is 1.19 bits per heavy atom. The van der Waals surface area contributed by atoms with Crippen LogP contribution in [0.2, 0.25) is 0 Å². The smallest absolute Gasteiger partial charge is 0.287 e. The summed E-state index contributed by atoms with van der Waals surface area (Å²) in [5.74, 6) is 0.559. The fourth-order valence-electron chi connectivity index (χ4n) is 3.28. The molecule has 2 aromatic heterocycles. The molecule has 0 bridgehead atoms. The first-order valence-corrected chi connectivity index (χ1v) is 11.3. The van der Waals surface area contributed by atoms with Gasteiger partial charge in [0.2, 0.25) is 0 Å². The van der Waals surface area contributed by atoms with Gasteiger partial charge in [0.05, 0.1) is 44.1 Å². The van der Waals surface area contributed by atoms with Gasteiger partial charge in [0.1, 0.15) is 5.25 Å². The predicted molar refractivity (Wildman–Crippen MR) is 118 cm³/mol. The number of dihydropyridines is 1. The van der Waals surface area contributed by atoms with E-state index in [2.05, 4.69) is 15.3 Å². The molecule has 0 aliphatic carbocycles. The Kier molecular flexibility index (Phi) is 5.95. The van der Waals surface area contributed by atoms with Gasteiger partial charge in [0.25, 0.3) is 5.91 Å². The monoisotopic (exact) mass is 455 g/mol. The molecule has 1 unspecified atom stereocenters. The molecular formula is C22H21N3O6S. The number of furan rings is 1. The third-order valence-electron chi connectivity index (χ3n) is 5.04. The Balaban J connectivity index is 1.40. The van der Waals surface area contributed by atoms with Gasteiger partial charge in [-0.25, -0.2) is 8.42 Å². The summed E-state index contributed by atoms with van der Waals surface area (Å²) in [6.45, 7) is 0.197. The van der Waals surface area contributed by atoms with Crippen LogP contribution in [0.4, 0.5) is 0 Å². The van der Waals surface area contributed by atoms with E-state index >= 15 is 0 Å². The van der Waals surface area contributed by atoms with Crippen molar-refractivity contribution < 1.29 is 27.1 Å². The minimum atomic E-state index is -3.67. The summed E-state index contributed by atoms with van der Waals surface area (Å²) in [5.41, 5.74) is 1.09. The number of aromatic nitrogens is 1. The summed E-state index contributed by atoms with van der Waals surface area (Å²) in [4.78, 5) is 20.8. The number of hydrogen-bond donors (Lipinski definition) is 1. The fraction of sp³-hybridized carbons (Fsp3) is 0.227. The first-order chi connectivity index (χ1) is 15.4. The number of fused-ring (bicyclic) bond motifs is 1. The Labute approximate surface area is 184 Å². The number of nitrogens with zero attached hydrogens (tertiary/aromatic N) is 2. The summed E-state index contributed by atoms with van der Waals surface area (Å²) in [5, 5.41) is 2.69. The molecular weight excluding hydrogens is 434 g/mol. The normalized spacial score (nSPS) is 15.9. The molecule has 1 atom stereocenters. The molecule has 1 N–H and O–H groups in total. The lowest BCUT2D eigenvalue weighted by atomic mass is 10.2. The Morgan fingerprint density at radius 3 is 2.69 bits per heavy atom. The lowest BCUT2D eigenvalue weighted by Gasteiger charge is -2.17. The molecule has 3 heterocycles. The molecule has 10 heteroatoms. The van der Waals surface area contributed by atoms with E-state index in [1.165, 1.54) is 26.4 Å². The van der Waals surface area contributed by atoms with Crippen molar-refractivity contribution in [1.82, 2.24) is 10.3 Å². The average molecular weight is 455 g/mol. The fourth-order valence-corrected chi connectivity index (χ4v) is 4.71. The molecule has 0 saturated carbocycles. The summed E-state index contributed by atoms with van der Waals surface area (Å²) >= 11 is 0. The van der Waals surface area contributed by atoms with Gasteiger partial charge < -0.3 is 19.2 Å². The molecule has 0 fully saturated rings. The van der Waals surface area contributed by atoms with Crippen molar-refractivity contribution in [2.75, 3.05) is 27.3 Å². The van der Waals surface area contributed by atoms with E-state index in [0.29, 0.717) is 22.8 Å². The zero-order valence-corrected chi connectivity index (χ0v) is 18.3. The molecule has 4 rings (SSSR count). The number of hydrogen-bond acceptors (Lipinski definition) is 8. The number of sulfone groups is 1. The summed E-state index contributed by atoms with van der Waals surface area (Å²) in [6, 6.07) is 7.85. The molecule has 0 radical (unpaired) electrons. The van der Waals surface area contributed by atoms with Crippen LogP contribution >= 0.6 is 0 Å². The van der Waals surface area contributed by atoms with Crippen LogP contribution < -0.4 is 14.8 Å². The van der Waals surface area contributed by atoms with Gasteiger partial charge in [-0.3, -0.25) is 14.8 Å². The van der Waals surface area contributed by atoms with Crippen molar-refractivity contribution in [3.8, 4) is 11.5 Å². The highest BCUT2D eigenvalue weighted by Crippen LogP contribution is 2.31. The second-order valence-corrected chi connectivity index (χ2v) is 9.17. The zero-order valence-electron chi connectivity index (χ0n) is 17.4. The van der Waals surface area contributed by atoms with Crippen LogP contribution in [0.5, 0.6) is 11.5 Å². The van der Waals surface area contributed by atoms with E-state index in [4.69, 9.17) is 13.9 Å². The SMILES string of the molecule is COc1ccc(S(=O)(=O)C2C=CC(CNC(=O)c3cc4ccncc4o3)=NC2)cc1OC. The van der Waals surface area contributed by atoms with Gasteiger partial charge in [-0.15, -0.1) is 0 Å². The number of ether oxygens (including phenoxy) is 2. The van der Waals surface area contributed by atoms with E-state index < -0.39 is 21.0 Å². The molecule has 1 amide bonds. The standard InChI is InChI=1S/C22H21N3O6S/c1-29-18-6-5-16(10-19(18)30-2)32(27,28)17-4-3-15(24-12-17)11-25-22(26)20-9-14-7-8-23-13-21(14)31-20/h3-10,13,17H,11-12H2,1-2H3,(H,25,26). The van der Waals surface area contributed by atoms with Gasteiger partial charge in [0.15, 0.2) is 32.7 Å². The third kappa shape index (κ3) is 4.22. The molecule has 9 nitrogen and oxygen atoms in total. The average Bonchev–Trinajstić information content (AvgIpc) is 3.27. The topological polar surface area (TPSA) is 120 Å². The number of amides is 1. The number of carbonyl (C=O) groups is 1. The first-order valence-electron chi connectivity index (χ1n) is 9.71. The number of rotatable bonds is 7. The Bertz CT molecular complexity index is 1290. The maximum Gasteiger partial charge on any atom is 0.287 e. The largest absolute Gasteiger partial charge is 0.493 e. The van der Waals surface area contributed by atoms with Crippen LogP contribution in [-0.4, -0.2) is 57.6 Å². The number of nitrogens with one attached hydrogen (secondary N) is 1. The van der Waals surface area contributed by atoms with E-state index in [1.54, 1.807) is 42.7 Å². The zero-order chi connectivity index (χ0) is 22.7. The summed E-state index contributed by atoms with van der Waals surface area (Å²) < 4.78 is 41.8. The number of benzene rings is 1. The molecule has 1 aliphatic heterocycles. The molecule has 1 aliphatic rings. The number of pyridine rings is 1. The maximum absolute atomic E-state index is 13.0. The Hall–Kier alpha value is -3.66. The van der Waals surface area contributed by atoms with Gasteiger partial charge in [-0.2, -0.15) is 0 Å². The second-order valence-electron chi connectivity index (χ2n) is 7.00. The number of methoxy groups -OCH3 is 2. The highest BCUT2D eigenvalue weighted by molar-refractivity contribution is 7.92.